The highest BCUT2D eigenvalue weighted by atomic mass is 16.5. The Hall–Kier alpha value is -0.570. The van der Waals surface area contributed by atoms with Gasteiger partial charge >= 0.3 is 0 Å². The molecule has 1 fully saturated rings. The van der Waals surface area contributed by atoms with Crippen molar-refractivity contribution in [1.82, 2.24) is 0 Å². The van der Waals surface area contributed by atoms with Crippen molar-refractivity contribution in [3.63, 3.8) is 0 Å². The molecule has 3 nitrogen and oxygen atoms in total. The second kappa shape index (κ2) is 3.66. The topological polar surface area (TPSA) is 47.6 Å². The van der Waals surface area contributed by atoms with Gasteiger partial charge in [-0.3, -0.25) is 4.99 Å². The normalized spacial score (nSPS) is 32.8. The molecule has 2 unspecified atom stereocenters. The number of aliphatic imine (C=N–C) groups is 1. The van der Waals surface area contributed by atoms with Crippen LogP contribution in [-0.2, 0) is 4.74 Å². The number of rotatable bonds is 3. The quantitative estimate of drug-likeness (QED) is 0.534. The van der Waals surface area contributed by atoms with E-state index in [4.69, 9.17) is 10.5 Å². The van der Waals surface area contributed by atoms with Crippen LogP contribution in [0, 0.1) is 5.41 Å². The Labute approximate surface area is 80.4 Å². The SMILES string of the molecule is CCOC1CC(N=C(C)N)C1(C)C. The van der Waals surface area contributed by atoms with E-state index >= 15 is 0 Å². The van der Waals surface area contributed by atoms with Gasteiger partial charge in [0.1, 0.15) is 0 Å². The van der Waals surface area contributed by atoms with Gasteiger partial charge in [0.05, 0.1) is 18.0 Å². The van der Waals surface area contributed by atoms with Gasteiger partial charge in [-0.2, -0.15) is 0 Å². The molecule has 13 heavy (non-hydrogen) atoms. The van der Waals surface area contributed by atoms with Crippen LogP contribution in [0.1, 0.15) is 34.1 Å². The molecule has 0 aliphatic heterocycles. The highest BCUT2D eigenvalue weighted by molar-refractivity contribution is 5.77. The van der Waals surface area contributed by atoms with E-state index in [0.717, 1.165) is 13.0 Å². The summed E-state index contributed by atoms with van der Waals surface area (Å²) < 4.78 is 5.59. The van der Waals surface area contributed by atoms with Crippen LogP contribution < -0.4 is 5.73 Å². The summed E-state index contributed by atoms with van der Waals surface area (Å²) in [4.78, 5) is 4.38. The molecule has 0 radical (unpaired) electrons. The van der Waals surface area contributed by atoms with E-state index in [1.165, 1.54) is 0 Å². The number of nitrogens with two attached hydrogens (primary N) is 1. The minimum absolute atomic E-state index is 0.149. The van der Waals surface area contributed by atoms with E-state index in [2.05, 4.69) is 18.8 Å². The minimum Gasteiger partial charge on any atom is -0.388 e. The lowest BCUT2D eigenvalue weighted by Gasteiger charge is -2.49. The van der Waals surface area contributed by atoms with E-state index in [1.54, 1.807) is 0 Å². The Kier molecular flexibility index (Phi) is 2.96. The molecule has 0 bridgehead atoms. The van der Waals surface area contributed by atoms with Gasteiger partial charge in [-0.05, 0) is 20.3 Å². The maximum atomic E-state index is 5.59. The zero-order valence-electron chi connectivity index (χ0n) is 9.00. The average molecular weight is 184 g/mol. The van der Waals surface area contributed by atoms with Crippen LogP contribution in [0.3, 0.4) is 0 Å². The molecule has 76 valence electrons. The van der Waals surface area contributed by atoms with Gasteiger partial charge in [0, 0.05) is 12.0 Å². The summed E-state index contributed by atoms with van der Waals surface area (Å²) in [6.45, 7) is 9.03. The lowest BCUT2D eigenvalue weighted by Crippen LogP contribution is -2.54. The lowest BCUT2D eigenvalue weighted by atomic mass is 9.65. The zero-order chi connectivity index (χ0) is 10.1. The molecule has 2 N–H and O–H groups in total. The fourth-order valence-electron chi connectivity index (χ4n) is 1.81. The monoisotopic (exact) mass is 184 g/mol. The third-order valence-corrected chi connectivity index (χ3v) is 2.85. The molecular formula is C10H20N2O. The van der Waals surface area contributed by atoms with Crippen molar-refractivity contribution in [2.24, 2.45) is 16.1 Å². The maximum absolute atomic E-state index is 5.59. The highest BCUT2D eigenvalue weighted by Crippen LogP contribution is 2.44. The molecule has 2 atom stereocenters. The second-order valence-corrected chi connectivity index (χ2v) is 4.29. The fourth-order valence-corrected chi connectivity index (χ4v) is 1.81. The predicted octanol–water partition coefficient (Wildman–Crippen LogP) is 1.57. The van der Waals surface area contributed by atoms with Crippen LogP contribution in [0.2, 0.25) is 0 Å². The van der Waals surface area contributed by atoms with Crippen LogP contribution in [0.15, 0.2) is 4.99 Å². The molecule has 0 aromatic carbocycles. The van der Waals surface area contributed by atoms with Gasteiger partial charge in [-0.25, -0.2) is 0 Å². The van der Waals surface area contributed by atoms with Crippen molar-refractivity contribution in [3.05, 3.63) is 0 Å². The van der Waals surface area contributed by atoms with Crippen molar-refractivity contribution in [3.8, 4) is 0 Å². The molecule has 1 saturated carbocycles. The molecule has 0 spiro atoms. The van der Waals surface area contributed by atoms with Gasteiger partial charge < -0.3 is 10.5 Å². The van der Waals surface area contributed by atoms with Crippen LogP contribution in [0.4, 0.5) is 0 Å². The van der Waals surface area contributed by atoms with E-state index in [-0.39, 0.29) is 5.41 Å². The number of amidine groups is 1. The smallest absolute Gasteiger partial charge is 0.0909 e. The highest BCUT2D eigenvalue weighted by Gasteiger charge is 2.48. The summed E-state index contributed by atoms with van der Waals surface area (Å²) in [5.74, 6) is 0.674. The summed E-state index contributed by atoms with van der Waals surface area (Å²) in [6, 6.07) is 0.342. The summed E-state index contributed by atoms with van der Waals surface area (Å²) in [6.07, 6.45) is 1.36. The fraction of sp³-hybridized carbons (Fsp3) is 0.900. The first-order chi connectivity index (χ1) is 5.98. The number of hydrogen-bond acceptors (Lipinski definition) is 2. The third-order valence-electron chi connectivity index (χ3n) is 2.85. The minimum atomic E-state index is 0.149. The van der Waals surface area contributed by atoms with Gasteiger partial charge in [0.25, 0.3) is 0 Å². The Bertz CT molecular complexity index is 207. The van der Waals surface area contributed by atoms with E-state index in [9.17, 15) is 0 Å². The first-order valence-electron chi connectivity index (χ1n) is 4.90. The largest absolute Gasteiger partial charge is 0.388 e. The van der Waals surface area contributed by atoms with E-state index in [1.807, 2.05) is 13.8 Å². The van der Waals surface area contributed by atoms with Crippen molar-refractivity contribution in [1.29, 1.82) is 0 Å². The molecule has 1 rings (SSSR count). The summed E-state index contributed by atoms with van der Waals surface area (Å²) in [5, 5.41) is 0. The second-order valence-electron chi connectivity index (χ2n) is 4.29. The first kappa shape index (κ1) is 10.5. The molecule has 3 heteroatoms. The first-order valence-corrected chi connectivity index (χ1v) is 4.90. The summed E-state index contributed by atoms with van der Waals surface area (Å²) >= 11 is 0. The van der Waals surface area contributed by atoms with Crippen molar-refractivity contribution >= 4 is 5.84 Å². The Balaban J connectivity index is 2.54. The van der Waals surface area contributed by atoms with Gasteiger partial charge in [0.2, 0.25) is 0 Å². The number of nitrogens with zero attached hydrogens (tertiary/aromatic N) is 1. The van der Waals surface area contributed by atoms with Crippen molar-refractivity contribution in [2.75, 3.05) is 6.61 Å². The molecule has 0 saturated heterocycles. The van der Waals surface area contributed by atoms with Crippen molar-refractivity contribution in [2.45, 2.75) is 46.3 Å². The number of hydrogen-bond donors (Lipinski definition) is 1. The molecule has 0 heterocycles. The molecule has 0 aromatic rings. The standard InChI is InChI=1S/C10H20N2O/c1-5-13-9-6-8(10(9,3)4)12-7(2)11/h8-9H,5-6H2,1-4H3,(H2,11,12). The third kappa shape index (κ3) is 2.02. The average Bonchev–Trinajstić information content (AvgIpc) is 2.02. The van der Waals surface area contributed by atoms with Crippen LogP contribution in [-0.4, -0.2) is 24.6 Å². The molecule has 1 aliphatic rings. The van der Waals surface area contributed by atoms with Crippen LogP contribution >= 0.6 is 0 Å². The Morgan fingerprint density at radius 3 is 2.62 bits per heavy atom. The molecular weight excluding hydrogens is 164 g/mol. The van der Waals surface area contributed by atoms with Crippen LogP contribution in [0.25, 0.3) is 0 Å². The van der Waals surface area contributed by atoms with E-state index in [0.29, 0.717) is 18.0 Å². The van der Waals surface area contributed by atoms with Gasteiger partial charge in [0.15, 0.2) is 0 Å². The molecule has 0 amide bonds. The summed E-state index contributed by atoms with van der Waals surface area (Å²) in [5.41, 5.74) is 5.70. The Morgan fingerprint density at radius 1 is 1.62 bits per heavy atom. The van der Waals surface area contributed by atoms with E-state index < -0.39 is 0 Å². The molecule has 0 aromatic heterocycles. The van der Waals surface area contributed by atoms with Crippen molar-refractivity contribution < 1.29 is 4.74 Å². The molecule has 1 aliphatic carbocycles. The Morgan fingerprint density at radius 2 is 2.23 bits per heavy atom. The number of ether oxygens (including phenoxy) is 1. The van der Waals surface area contributed by atoms with Gasteiger partial charge in [-0.1, -0.05) is 13.8 Å². The van der Waals surface area contributed by atoms with Gasteiger partial charge in [-0.15, -0.1) is 0 Å². The predicted molar refractivity (Wildman–Crippen MR) is 54.9 cm³/mol. The summed E-state index contributed by atoms with van der Waals surface area (Å²) in [7, 11) is 0. The zero-order valence-corrected chi connectivity index (χ0v) is 9.00. The lowest BCUT2D eigenvalue weighted by molar-refractivity contribution is -0.103. The van der Waals surface area contributed by atoms with Crippen LogP contribution in [0.5, 0.6) is 0 Å². The maximum Gasteiger partial charge on any atom is 0.0909 e.